The quantitative estimate of drug-likeness (QED) is 0.755. The molecule has 0 radical (unpaired) electrons. The third-order valence-corrected chi connectivity index (χ3v) is 3.44. The van der Waals surface area contributed by atoms with Gasteiger partial charge in [-0.25, -0.2) is 4.98 Å². The summed E-state index contributed by atoms with van der Waals surface area (Å²) in [5.74, 6) is 0.922. The molecule has 1 N–H and O–H groups in total. The molecule has 6 heteroatoms. The van der Waals surface area contributed by atoms with Crippen molar-refractivity contribution < 1.29 is 4.79 Å². The fourth-order valence-corrected chi connectivity index (χ4v) is 2.22. The Morgan fingerprint density at radius 2 is 2.05 bits per heavy atom. The van der Waals surface area contributed by atoms with E-state index < -0.39 is 5.38 Å². The Bertz CT molecular complexity index is 841. The van der Waals surface area contributed by atoms with Gasteiger partial charge in [-0.3, -0.25) is 4.79 Å². The molecule has 0 saturated heterocycles. The van der Waals surface area contributed by atoms with Crippen LogP contribution in [0.4, 0.5) is 5.82 Å². The number of anilines is 1. The van der Waals surface area contributed by atoms with Crippen molar-refractivity contribution in [1.29, 1.82) is 0 Å². The van der Waals surface area contributed by atoms with Gasteiger partial charge in [0.25, 0.3) is 0 Å². The highest BCUT2D eigenvalue weighted by Gasteiger charge is 2.15. The van der Waals surface area contributed by atoms with Crippen molar-refractivity contribution >= 4 is 34.2 Å². The first kappa shape index (κ1) is 14.5. The summed E-state index contributed by atoms with van der Waals surface area (Å²) in [7, 11) is 0. The normalized spacial score (nSPS) is 12.3. The number of nitrogens with zero attached hydrogens (tertiary/aromatic N) is 3. The first-order valence-electron chi connectivity index (χ1n) is 6.92. The number of para-hydroxylation sites is 1. The molecule has 0 aliphatic carbocycles. The number of alkyl halides is 1. The Morgan fingerprint density at radius 1 is 1.27 bits per heavy atom. The second kappa shape index (κ2) is 5.77. The van der Waals surface area contributed by atoms with Crippen LogP contribution in [0.3, 0.4) is 0 Å². The molecule has 1 unspecified atom stereocenters. The van der Waals surface area contributed by atoms with Crippen molar-refractivity contribution in [2.24, 2.45) is 0 Å². The Kier molecular flexibility index (Phi) is 3.81. The number of carbonyl (C=O) groups excluding carboxylic acids is 1. The molecule has 0 spiro atoms. The summed E-state index contributed by atoms with van der Waals surface area (Å²) in [6.45, 7) is 3.48. The maximum atomic E-state index is 11.8. The van der Waals surface area contributed by atoms with Crippen LogP contribution in [0.1, 0.15) is 12.6 Å². The van der Waals surface area contributed by atoms with Gasteiger partial charge in [0, 0.05) is 11.5 Å². The monoisotopic (exact) mass is 314 g/mol. The Hall–Kier alpha value is -2.40. The van der Waals surface area contributed by atoms with Crippen LogP contribution >= 0.6 is 11.6 Å². The number of rotatable bonds is 3. The first-order chi connectivity index (χ1) is 10.5. The van der Waals surface area contributed by atoms with Gasteiger partial charge < -0.3 is 5.32 Å². The van der Waals surface area contributed by atoms with E-state index in [4.69, 9.17) is 11.6 Å². The van der Waals surface area contributed by atoms with Crippen LogP contribution < -0.4 is 5.32 Å². The summed E-state index contributed by atoms with van der Waals surface area (Å²) in [4.78, 5) is 16.4. The molecule has 0 bridgehead atoms. The molecular formula is C16H15ClN4O. The number of amides is 1. The maximum Gasteiger partial charge on any atom is 0.243 e. The lowest BCUT2D eigenvalue weighted by molar-refractivity contribution is -0.115. The SMILES string of the molecule is Cc1cc(NC(=O)C(C)Cl)n(-c2ccc3ccccc3n2)n1. The number of nitrogens with one attached hydrogen (secondary N) is 1. The van der Waals surface area contributed by atoms with E-state index in [0.29, 0.717) is 11.6 Å². The molecule has 1 atom stereocenters. The number of aromatic nitrogens is 3. The zero-order chi connectivity index (χ0) is 15.7. The van der Waals surface area contributed by atoms with E-state index in [1.807, 2.05) is 43.3 Å². The minimum atomic E-state index is -0.617. The number of carbonyl (C=O) groups is 1. The molecule has 2 aromatic heterocycles. The maximum absolute atomic E-state index is 11.8. The predicted octanol–water partition coefficient (Wildman–Crippen LogP) is 3.29. The van der Waals surface area contributed by atoms with E-state index in [2.05, 4.69) is 15.4 Å². The second-order valence-corrected chi connectivity index (χ2v) is 5.70. The van der Waals surface area contributed by atoms with E-state index in [-0.39, 0.29) is 5.91 Å². The number of benzene rings is 1. The summed E-state index contributed by atoms with van der Waals surface area (Å²) in [6, 6.07) is 13.5. The zero-order valence-electron chi connectivity index (χ0n) is 12.2. The van der Waals surface area contributed by atoms with Gasteiger partial charge in [-0.05, 0) is 32.0 Å². The van der Waals surface area contributed by atoms with Crippen LogP contribution in [0.25, 0.3) is 16.7 Å². The molecule has 5 nitrogen and oxygen atoms in total. The Morgan fingerprint density at radius 3 is 2.82 bits per heavy atom. The minimum absolute atomic E-state index is 0.274. The molecule has 2 heterocycles. The van der Waals surface area contributed by atoms with Crippen molar-refractivity contribution in [3.8, 4) is 5.82 Å². The van der Waals surface area contributed by atoms with Gasteiger partial charge in [-0.2, -0.15) is 9.78 Å². The number of halogens is 1. The smallest absolute Gasteiger partial charge is 0.243 e. The standard InChI is InChI=1S/C16H15ClN4O/c1-10-9-15(19-16(22)11(2)17)21(20-10)14-8-7-12-5-3-4-6-13(12)18-14/h3-9,11H,1-2H3,(H,19,22). The molecule has 0 saturated carbocycles. The van der Waals surface area contributed by atoms with Gasteiger partial charge >= 0.3 is 0 Å². The average molecular weight is 315 g/mol. The fraction of sp³-hybridized carbons (Fsp3) is 0.188. The van der Waals surface area contributed by atoms with Crippen LogP contribution in [-0.2, 0) is 4.79 Å². The van der Waals surface area contributed by atoms with Gasteiger partial charge in [-0.15, -0.1) is 11.6 Å². The Balaban J connectivity index is 2.04. The minimum Gasteiger partial charge on any atom is -0.309 e. The average Bonchev–Trinajstić information content (AvgIpc) is 2.87. The Labute approximate surface area is 132 Å². The van der Waals surface area contributed by atoms with Gasteiger partial charge in [0.1, 0.15) is 11.2 Å². The van der Waals surface area contributed by atoms with E-state index >= 15 is 0 Å². The lowest BCUT2D eigenvalue weighted by atomic mass is 10.2. The highest BCUT2D eigenvalue weighted by molar-refractivity contribution is 6.32. The molecule has 22 heavy (non-hydrogen) atoms. The zero-order valence-corrected chi connectivity index (χ0v) is 13.0. The molecule has 0 fully saturated rings. The van der Waals surface area contributed by atoms with Gasteiger partial charge in [0.2, 0.25) is 5.91 Å². The number of pyridine rings is 1. The second-order valence-electron chi connectivity index (χ2n) is 5.05. The van der Waals surface area contributed by atoms with E-state index in [0.717, 1.165) is 16.6 Å². The van der Waals surface area contributed by atoms with Crippen molar-refractivity contribution in [3.63, 3.8) is 0 Å². The van der Waals surface area contributed by atoms with Gasteiger partial charge in [-0.1, -0.05) is 18.2 Å². The summed E-state index contributed by atoms with van der Waals surface area (Å²) in [5.41, 5.74) is 1.66. The first-order valence-corrected chi connectivity index (χ1v) is 7.36. The summed E-state index contributed by atoms with van der Waals surface area (Å²) in [6.07, 6.45) is 0. The molecule has 0 aliphatic rings. The predicted molar refractivity (Wildman–Crippen MR) is 87.5 cm³/mol. The van der Waals surface area contributed by atoms with E-state index in [9.17, 15) is 4.79 Å². The third kappa shape index (κ3) is 2.80. The van der Waals surface area contributed by atoms with Crippen molar-refractivity contribution in [3.05, 3.63) is 48.2 Å². The van der Waals surface area contributed by atoms with Crippen molar-refractivity contribution in [1.82, 2.24) is 14.8 Å². The van der Waals surface area contributed by atoms with Crippen LogP contribution in [0.15, 0.2) is 42.5 Å². The lowest BCUT2D eigenvalue weighted by Crippen LogP contribution is -2.22. The largest absolute Gasteiger partial charge is 0.309 e. The molecule has 0 aliphatic heterocycles. The van der Waals surface area contributed by atoms with Gasteiger partial charge in [0.05, 0.1) is 11.2 Å². The van der Waals surface area contributed by atoms with Crippen LogP contribution in [0.5, 0.6) is 0 Å². The molecule has 1 aromatic carbocycles. The number of hydrogen-bond acceptors (Lipinski definition) is 3. The highest BCUT2D eigenvalue weighted by atomic mass is 35.5. The molecule has 1 amide bonds. The number of fused-ring (bicyclic) bond motifs is 1. The molecule has 3 rings (SSSR count). The van der Waals surface area contributed by atoms with Crippen molar-refractivity contribution in [2.75, 3.05) is 5.32 Å². The number of hydrogen-bond donors (Lipinski definition) is 1. The summed E-state index contributed by atoms with van der Waals surface area (Å²) in [5, 5.41) is 7.60. The third-order valence-electron chi connectivity index (χ3n) is 3.24. The highest BCUT2D eigenvalue weighted by Crippen LogP contribution is 2.19. The van der Waals surface area contributed by atoms with Crippen LogP contribution in [-0.4, -0.2) is 26.0 Å². The summed E-state index contributed by atoms with van der Waals surface area (Å²) >= 11 is 5.80. The molecule has 112 valence electrons. The lowest BCUT2D eigenvalue weighted by Gasteiger charge is -2.09. The molecule has 3 aromatic rings. The number of aryl methyl sites for hydroxylation is 1. The van der Waals surface area contributed by atoms with Crippen LogP contribution in [0.2, 0.25) is 0 Å². The van der Waals surface area contributed by atoms with Gasteiger partial charge in [0.15, 0.2) is 5.82 Å². The van der Waals surface area contributed by atoms with Crippen LogP contribution in [0, 0.1) is 6.92 Å². The topological polar surface area (TPSA) is 59.8 Å². The molecular weight excluding hydrogens is 300 g/mol. The fourth-order valence-electron chi connectivity index (χ4n) is 2.16. The summed E-state index contributed by atoms with van der Waals surface area (Å²) < 4.78 is 1.61. The van der Waals surface area contributed by atoms with Crippen molar-refractivity contribution in [2.45, 2.75) is 19.2 Å². The van der Waals surface area contributed by atoms with E-state index in [1.165, 1.54) is 0 Å². The van der Waals surface area contributed by atoms with E-state index in [1.54, 1.807) is 17.7 Å².